The highest BCUT2D eigenvalue weighted by Gasteiger charge is 2.19. The molecule has 1 aromatic rings. The van der Waals surface area contributed by atoms with Gasteiger partial charge in [0.15, 0.2) is 6.10 Å². The predicted molar refractivity (Wildman–Crippen MR) is 83.3 cm³/mol. The van der Waals surface area contributed by atoms with Gasteiger partial charge in [-0.3, -0.25) is 14.9 Å². The topological polar surface area (TPSA) is 108 Å². The zero-order valence-corrected chi connectivity index (χ0v) is 13.3. The first-order valence-corrected chi connectivity index (χ1v) is 6.73. The molecule has 0 radical (unpaired) electrons. The van der Waals surface area contributed by atoms with Crippen LogP contribution < -0.4 is 10.1 Å². The van der Waals surface area contributed by atoms with Crippen molar-refractivity contribution in [2.75, 3.05) is 12.4 Å². The largest absolute Gasteiger partial charge is 0.494 e. The van der Waals surface area contributed by atoms with Crippen LogP contribution in [0.15, 0.2) is 29.8 Å². The summed E-state index contributed by atoms with van der Waals surface area (Å²) in [6.45, 7) is 4.88. The number of rotatable bonds is 6. The van der Waals surface area contributed by atoms with E-state index in [-0.39, 0.29) is 17.1 Å². The molecular weight excluding hydrogens is 304 g/mol. The maximum Gasteiger partial charge on any atom is 0.331 e. The van der Waals surface area contributed by atoms with E-state index < -0.39 is 22.9 Å². The Balaban J connectivity index is 2.82. The van der Waals surface area contributed by atoms with Crippen LogP contribution in [0, 0.1) is 10.1 Å². The summed E-state index contributed by atoms with van der Waals surface area (Å²) >= 11 is 0. The third-order valence-electron chi connectivity index (χ3n) is 2.72. The van der Waals surface area contributed by atoms with Crippen LogP contribution in [0.25, 0.3) is 0 Å². The van der Waals surface area contributed by atoms with Crippen LogP contribution in [0.2, 0.25) is 0 Å². The Labute approximate surface area is 133 Å². The lowest BCUT2D eigenvalue weighted by atomic mass is 10.2. The lowest BCUT2D eigenvalue weighted by Crippen LogP contribution is -2.29. The molecule has 8 nitrogen and oxygen atoms in total. The number of methoxy groups -OCH3 is 1. The number of nitrogens with one attached hydrogen (secondary N) is 1. The van der Waals surface area contributed by atoms with Crippen molar-refractivity contribution < 1.29 is 24.0 Å². The number of allylic oxidation sites excluding steroid dienone is 1. The Morgan fingerprint density at radius 3 is 2.52 bits per heavy atom. The number of esters is 1. The molecule has 23 heavy (non-hydrogen) atoms. The third kappa shape index (κ3) is 5.42. The number of benzene rings is 1. The summed E-state index contributed by atoms with van der Waals surface area (Å²) in [6, 6.07) is 3.77. The molecule has 124 valence electrons. The molecule has 0 fully saturated rings. The second-order valence-corrected chi connectivity index (χ2v) is 4.93. The standard InChI is InChI=1S/C15H18N2O6/c1-9(2)7-14(18)23-10(3)15(19)16-12-6-5-11(17(20)21)8-13(12)22-4/h5-8,10H,1-4H3,(H,16,19)/t10-/m0/s1. The average Bonchev–Trinajstić information content (AvgIpc) is 2.46. The number of nitrogens with zero attached hydrogens (tertiary/aromatic N) is 1. The maximum absolute atomic E-state index is 12.0. The van der Waals surface area contributed by atoms with Crippen molar-refractivity contribution in [2.45, 2.75) is 26.9 Å². The third-order valence-corrected chi connectivity index (χ3v) is 2.72. The number of nitro benzene ring substituents is 1. The fourth-order valence-corrected chi connectivity index (χ4v) is 1.63. The predicted octanol–water partition coefficient (Wildman–Crippen LogP) is 2.44. The number of nitro groups is 1. The van der Waals surface area contributed by atoms with E-state index in [9.17, 15) is 19.7 Å². The zero-order valence-electron chi connectivity index (χ0n) is 13.3. The first kappa shape index (κ1) is 18.1. The van der Waals surface area contributed by atoms with Crippen molar-refractivity contribution in [1.29, 1.82) is 0 Å². The van der Waals surface area contributed by atoms with E-state index in [0.29, 0.717) is 0 Å². The fraction of sp³-hybridized carbons (Fsp3) is 0.333. The number of hydrogen-bond acceptors (Lipinski definition) is 6. The van der Waals surface area contributed by atoms with E-state index in [1.807, 2.05) is 0 Å². The SMILES string of the molecule is COc1cc([N+](=O)[O-])ccc1NC(=O)[C@H](C)OC(=O)C=C(C)C. The van der Waals surface area contributed by atoms with E-state index in [2.05, 4.69) is 5.32 Å². The molecule has 1 atom stereocenters. The molecule has 0 saturated carbocycles. The molecule has 0 unspecified atom stereocenters. The van der Waals surface area contributed by atoms with Gasteiger partial charge in [-0.2, -0.15) is 0 Å². The number of ether oxygens (including phenoxy) is 2. The van der Waals surface area contributed by atoms with Gasteiger partial charge < -0.3 is 14.8 Å². The van der Waals surface area contributed by atoms with Crippen molar-refractivity contribution in [3.05, 3.63) is 40.0 Å². The Bertz CT molecular complexity index is 649. The lowest BCUT2D eigenvalue weighted by Gasteiger charge is -2.14. The van der Waals surface area contributed by atoms with Crippen LogP contribution in [0.4, 0.5) is 11.4 Å². The summed E-state index contributed by atoms with van der Waals surface area (Å²) in [6.07, 6.45) is 0.244. The highest BCUT2D eigenvalue weighted by Crippen LogP contribution is 2.29. The van der Waals surface area contributed by atoms with E-state index in [0.717, 1.165) is 5.57 Å². The first-order chi connectivity index (χ1) is 10.7. The smallest absolute Gasteiger partial charge is 0.331 e. The van der Waals surface area contributed by atoms with Gasteiger partial charge in [0, 0.05) is 12.1 Å². The Morgan fingerprint density at radius 2 is 2.00 bits per heavy atom. The van der Waals surface area contributed by atoms with Crippen molar-refractivity contribution in [2.24, 2.45) is 0 Å². The minimum absolute atomic E-state index is 0.135. The zero-order chi connectivity index (χ0) is 17.6. The van der Waals surface area contributed by atoms with Gasteiger partial charge in [-0.25, -0.2) is 4.79 Å². The van der Waals surface area contributed by atoms with Gasteiger partial charge in [-0.05, 0) is 26.8 Å². The highest BCUT2D eigenvalue weighted by atomic mass is 16.6. The normalized spacial score (nSPS) is 11.1. The molecule has 1 N–H and O–H groups in total. The summed E-state index contributed by atoms with van der Waals surface area (Å²) in [5.41, 5.74) is 0.829. The number of hydrogen-bond donors (Lipinski definition) is 1. The van der Waals surface area contributed by atoms with Crippen LogP contribution in [-0.4, -0.2) is 30.0 Å². The molecule has 0 aliphatic carbocycles. The molecule has 0 spiro atoms. The van der Waals surface area contributed by atoms with Crippen molar-refractivity contribution in [1.82, 2.24) is 0 Å². The maximum atomic E-state index is 12.0. The number of non-ortho nitro benzene ring substituents is 1. The summed E-state index contributed by atoms with van der Waals surface area (Å²) in [4.78, 5) is 33.7. The summed E-state index contributed by atoms with van der Waals surface area (Å²) in [5.74, 6) is -1.06. The molecule has 0 saturated heterocycles. The summed E-state index contributed by atoms with van der Waals surface area (Å²) < 4.78 is 9.97. The van der Waals surface area contributed by atoms with Gasteiger partial charge in [0.1, 0.15) is 5.75 Å². The Kier molecular flexibility index (Phi) is 6.25. The molecule has 0 aliphatic rings. The molecule has 1 aromatic carbocycles. The van der Waals surface area contributed by atoms with E-state index >= 15 is 0 Å². The summed E-state index contributed by atoms with van der Waals surface area (Å²) in [7, 11) is 1.33. The minimum Gasteiger partial charge on any atom is -0.494 e. The van der Waals surface area contributed by atoms with Gasteiger partial charge in [-0.15, -0.1) is 0 Å². The monoisotopic (exact) mass is 322 g/mol. The van der Waals surface area contributed by atoms with Gasteiger partial charge >= 0.3 is 5.97 Å². The van der Waals surface area contributed by atoms with E-state index in [4.69, 9.17) is 9.47 Å². The van der Waals surface area contributed by atoms with Crippen molar-refractivity contribution >= 4 is 23.3 Å². The Morgan fingerprint density at radius 1 is 1.35 bits per heavy atom. The van der Waals surface area contributed by atoms with Crippen LogP contribution in [0.1, 0.15) is 20.8 Å². The van der Waals surface area contributed by atoms with Gasteiger partial charge in [-0.1, -0.05) is 5.57 Å². The molecule has 8 heteroatoms. The molecular formula is C15H18N2O6. The van der Waals surface area contributed by atoms with Crippen molar-refractivity contribution in [3.8, 4) is 5.75 Å². The summed E-state index contributed by atoms with van der Waals surface area (Å²) in [5, 5.41) is 13.2. The molecule has 1 rings (SSSR count). The van der Waals surface area contributed by atoms with Crippen LogP contribution in [0.5, 0.6) is 5.75 Å². The van der Waals surface area contributed by atoms with Gasteiger partial charge in [0.25, 0.3) is 11.6 Å². The fourth-order valence-electron chi connectivity index (χ4n) is 1.63. The van der Waals surface area contributed by atoms with E-state index in [1.54, 1.807) is 13.8 Å². The first-order valence-electron chi connectivity index (χ1n) is 6.73. The lowest BCUT2D eigenvalue weighted by molar-refractivity contribution is -0.384. The molecule has 1 amide bonds. The van der Waals surface area contributed by atoms with Crippen molar-refractivity contribution in [3.63, 3.8) is 0 Å². The molecule has 0 aromatic heterocycles. The van der Waals surface area contributed by atoms with Gasteiger partial charge in [0.05, 0.1) is 23.8 Å². The number of amides is 1. The number of anilines is 1. The molecule has 0 heterocycles. The Hall–Kier alpha value is -2.90. The average molecular weight is 322 g/mol. The van der Waals surface area contributed by atoms with Crippen LogP contribution in [-0.2, 0) is 14.3 Å². The number of carbonyl (C=O) groups is 2. The molecule has 0 bridgehead atoms. The van der Waals surface area contributed by atoms with Crippen LogP contribution in [0.3, 0.4) is 0 Å². The molecule has 0 aliphatic heterocycles. The minimum atomic E-state index is -1.03. The quantitative estimate of drug-likeness (QED) is 0.373. The highest BCUT2D eigenvalue weighted by molar-refractivity contribution is 5.97. The number of carbonyl (C=O) groups excluding carboxylic acids is 2. The van der Waals surface area contributed by atoms with Gasteiger partial charge in [0.2, 0.25) is 0 Å². The second-order valence-electron chi connectivity index (χ2n) is 4.93. The second kappa shape index (κ2) is 7.92. The van der Waals surface area contributed by atoms with Crippen LogP contribution >= 0.6 is 0 Å². The van der Waals surface area contributed by atoms with E-state index in [1.165, 1.54) is 38.3 Å².